The quantitative estimate of drug-likeness (QED) is 0.397. The van der Waals surface area contributed by atoms with E-state index in [2.05, 4.69) is 6.58 Å². The lowest BCUT2D eigenvalue weighted by molar-refractivity contribution is -0.164. The van der Waals surface area contributed by atoms with Crippen LogP contribution >= 0.6 is 0 Å². The first kappa shape index (κ1) is 19.0. The second-order valence-electron chi connectivity index (χ2n) is 6.56. The van der Waals surface area contributed by atoms with Crippen LogP contribution < -0.4 is 0 Å². The minimum atomic E-state index is -0.445. The Bertz CT molecular complexity index is 425. The lowest BCUT2D eigenvalue weighted by Crippen LogP contribution is -2.32. The van der Waals surface area contributed by atoms with Gasteiger partial charge in [0.15, 0.2) is 0 Å². The predicted molar refractivity (Wildman–Crippen MR) is 91.1 cm³/mol. The maximum atomic E-state index is 12.2. The number of esters is 1. The fraction of sp³-hybridized carbons (Fsp3) is 0.737. The van der Waals surface area contributed by atoms with Crippen LogP contribution in [-0.2, 0) is 19.0 Å². The van der Waals surface area contributed by atoms with E-state index in [9.17, 15) is 4.79 Å². The molecule has 2 aliphatic rings. The van der Waals surface area contributed by atoms with Gasteiger partial charge in [0, 0.05) is 13.0 Å². The SMILES string of the molecule is C=CCOC(=O)C1=C[C@H](C2CCCCC2)C[C@H](OCCCCO)O1. The molecule has 0 saturated heterocycles. The van der Waals surface area contributed by atoms with E-state index >= 15 is 0 Å². The van der Waals surface area contributed by atoms with Crippen molar-refractivity contribution in [1.82, 2.24) is 0 Å². The second kappa shape index (κ2) is 10.5. The minimum Gasteiger partial charge on any atom is -0.458 e. The molecular weight excluding hydrogens is 308 g/mol. The zero-order valence-corrected chi connectivity index (χ0v) is 14.5. The first-order chi connectivity index (χ1) is 11.7. The molecule has 2 rings (SSSR count). The molecule has 0 aromatic carbocycles. The molecule has 136 valence electrons. The molecule has 1 aliphatic heterocycles. The van der Waals surface area contributed by atoms with Gasteiger partial charge in [-0.3, -0.25) is 0 Å². The zero-order valence-electron chi connectivity index (χ0n) is 14.5. The molecule has 0 bridgehead atoms. The molecule has 0 radical (unpaired) electrons. The molecule has 1 fully saturated rings. The lowest BCUT2D eigenvalue weighted by Gasteiger charge is -2.34. The van der Waals surface area contributed by atoms with Crippen LogP contribution in [-0.4, -0.2) is 37.2 Å². The van der Waals surface area contributed by atoms with Gasteiger partial charge in [0.1, 0.15) is 6.61 Å². The van der Waals surface area contributed by atoms with E-state index in [1.165, 1.54) is 32.1 Å². The molecular formula is C19H30O5. The fourth-order valence-electron chi connectivity index (χ4n) is 3.46. The van der Waals surface area contributed by atoms with Crippen LogP contribution in [0.5, 0.6) is 0 Å². The summed E-state index contributed by atoms with van der Waals surface area (Å²) >= 11 is 0. The third-order valence-electron chi connectivity index (χ3n) is 4.73. The molecule has 0 amide bonds. The van der Waals surface area contributed by atoms with Crippen molar-refractivity contribution in [3.05, 3.63) is 24.5 Å². The van der Waals surface area contributed by atoms with Crippen LogP contribution in [0.3, 0.4) is 0 Å². The summed E-state index contributed by atoms with van der Waals surface area (Å²) in [5.74, 6) is 0.715. The van der Waals surface area contributed by atoms with E-state index in [0.717, 1.165) is 12.8 Å². The van der Waals surface area contributed by atoms with E-state index in [1.54, 1.807) is 6.08 Å². The Kier molecular flexibility index (Phi) is 8.33. The standard InChI is InChI=1S/C19H30O5/c1-2-11-23-19(21)17-13-16(15-8-4-3-5-9-15)14-18(24-17)22-12-7-6-10-20/h2,13,15-16,18,20H,1,3-12,14H2/t16-,18+/m0/s1. The summed E-state index contributed by atoms with van der Waals surface area (Å²) in [6, 6.07) is 0. The summed E-state index contributed by atoms with van der Waals surface area (Å²) in [4.78, 5) is 12.2. The van der Waals surface area contributed by atoms with Crippen LogP contribution in [0.25, 0.3) is 0 Å². The summed E-state index contributed by atoms with van der Waals surface area (Å²) in [5.41, 5.74) is 0. The third kappa shape index (κ3) is 5.95. The highest BCUT2D eigenvalue weighted by molar-refractivity contribution is 5.86. The average Bonchev–Trinajstić information content (AvgIpc) is 2.63. The molecule has 0 aromatic rings. The number of hydrogen-bond donors (Lipinski definition) is 1. The Morgan fingerprint density at radius 2 is 2.12 bits per heavy atom. The van der Waals surface area contributed by atoms with E-state index in [4.69, 9.17) is 19.3 Å². The molecule has 2 atom stereocenters. The van der Waals surface area contributed by atoms with E-state index < -0.39 is 12.3 Å². The number of allylic oxidation sites excluding steroid dienone is 1. The number of ether oxygens (including phenoxy) is 3. The molecule has 5 nitrogen and oxygen atoms in total. The van der Waals surface area contributed by atoms with Crippen molar-refractivity contribution in [3.63, 3.8) is 0 Å². The number of rotatable bonds is 9. The molecule has 0 unspecified atom stereocenters. The van der Waals surface area contributed by atoms with Gasteiger partial charge in [-0.1, -0.05) is 31.9 Å². The molecule has 1 heterocycles. The van der Waals surface area contributed by atoms with Crippen LogP contribution in [0.2, 0.25) is 0 Å². The number of carbonyl (C=O) groups is 1. The molecule has 24 heavy (non-hydrogen) atoms. The van der Waals surface area contributed by atoms with Gasteiger partial charge >= 0.3 is 5.97 Å². The fourth-order valence-corrected chi connectivity index (χ4v) is 3.46. The summed E-state index contributed by atoms with van der Waals surface area (Å²) in [6.45, 7) is 4.42. The van der Waals surface area contributed by atoms with Crippen molar-refractivity contribution >= 4 is 5.97 Å². The number of unbranched alkanes of at least 4 members (excludes halogenated alkanes) is 1. The van der Waals surface area contributed by atoms with Crippen molar-refractivity contribution in [1.29, 1.82) is 0 Å². The Hall–Kier alpha value is -1.33. The summed E-state index contributed by atoms with van der Waals surface area (Å²) in [7, 11) is 0. The summed E-state index contributed by atoms with van der Waals surface area (Å²) in [5, 5.41) is 8.85. The van der Waals surface area contributed by atoms with Gasteiger partial charge in [-0.2, -0.15) is 0 Å². The summed E-state index contributed by atoms with van der Waals surface area (Å²) in [6.07, 6.45) is 11.6. The van der Waals surface area contributed by atoms with Crippen molar-refractivity contribution < 1.29 is 24.1 Å². The topological polar surface area (TPSA) is 65.0 Å². The van der Waals surface area contributed by atoms with Crippen LogP contribution in [0.1, 0.15) is 51.4 Å². The third-order valence-corrected chi connectivity index (χ3v) is 4.73. The van der Waals surface area contributed by atoms with Crippen molar-refractivity contribution in [2.45, 2.75) is 57.7 Å². The van der Waals surface area contributed by atoms with Crippen LogP contribution in [0.15, 0.2) is 24.5 Å². The predicted octanol–water partition coefficient (Wildman–Crippen LogP) is 3.33. The number of aliphatic hydroxyl groups excluding tert-OH is 1. The Morgan fingerprint density at radius 3 is 2.83 bits per heavy atom. The van der Waals surface area contributed by atoms with Crippen molar-refractivity contribution in [3.8, 4) is 0 Å². The van der Waals surface area contributed by atoms with E-state index in [0.29, 0.717) is 24.9 Å². The highest BCUT2D eigenvalue weighted by Gasteiger charge is 2.33. The molecule has 1 N–H and O–H groups in total. The van der Waals surface area contributed by atoms with Gasteiger partial charge in [0.2, 0.25) is 12.0 Å². The Morgan fingerprint density at radius 1 is 1.33 bits per heavy atom. The maximum Gasteiger partial charge on any atom is 0.373 e. The van der Waals surface area contributed by atoms with Gasteiger partial charge in [-0.25, -0.2) is 4.79 Å². The normalized spacial score (nSPS) is 24.8. The molecule has 0 aromatic heterocycles. The van der Waals surface area contributed by atoms with Gasteiger partial charge in [-0.15, -0.1) is 0 Å². The van der Waals surface area contributed by atoms with Gasteiger partial charge < -0.3 is 19.3 Å². The number of aliphatic hydroxyl groups is 1. The number of hydrogen-bond acceptors (Lipinski definition) is 5. The number of carbonyl (C=O) groups excluding carboxylic acids is 1. The largest absolute Gasteiger partial charge is 0.458 e. The summed E-state index contributed by atoms with van der Waals surface area (Å²) < 4.78 is 16.6. The van der Waals surface area contributed by atoms with Crippen LogP contribution in [0, 0.1) is 11.8 Å². The average molecular weight is 338 g/mol. The highest BCUT2D eigenvalue weighted by atomic mass is 16.7. The van der Waals surface area contributed by atoms with Crippen LogP contribution in [0.4, 0.5) is 0 Å². The first-order valence-electron chi connectivity index (χ1n) is 9.13. The Labute approximate surface area is 144 Å². The van der Waals surface area contributed by atoms with E-state index in [1.807, 2.05) is 6.08 Å². The lowest BCUT2D eigenvalue weighted by atomic mass is 9.77. The second-order valence-corrected chi connectivity index (χ2v) is 6.56. The monoisotopic (exact) mass is 338 g/mol. The van der Waals surface area contributed by atoms with Crippen molar-refractivity contribution in [2.24, 2.45) is 11.8 Å². The molecule has 1 aliphatic carbocycles. The minimum absolute atomic E-state index is 0.165. The van der Waals surface area contributed by atoms with Gasteiger partial charge in [0.25, 0.3) is 0 Å². The van der Waals surface area contributed by atoms with Crippen molar-refractivity contribution in [2.75, 3.05) is 19.8 Å². The smallest absolute Gasteiger partial charge is 0.373 e. The van der Waals surface area contributed by atoms with E-state index in [-0.39, 0.29) is 19.0 Å². The molecule has 5 heteroatoms. The Balaban J connectivity index is 1.97. The van der Waals surface area contributed by atoms with Gasteiger partial charge in [-0.05, 0) is 43.6 Å². The zero-order chi connectivity index (χ0) is 17.2. The first-order valence-corrected chi connectivity index (χ1v) is 9.13. The molecule has 1 saturated carbocycles. The molecule has 0 spiro atoms. The maximum absolute atomic E-state index is 12.2. The highest BCUT2D eigenvalue weighted by Crippen LogP contribution is 2.37. The van der Waals surface area contributed by atoms with Gasteiger partial charge in [0.05, 0.1) is 6.61 Å².